The molecular formula is C14H18ClNO4. The molecule has 0 bridgehead atoms. The zero-order valence-corrected chi connectivity index (χ0v) is 12.6. The van der Waals surface area contributed by atoms with E-state index in [2.05, 4.69) is 0 Å². The van der Waals surface area contributed by atoms with Crippen LogP contribution in [0.15, 0.2) is 24.3 Å². The van der Waals surface area contributed by atoms with Gasteiger partial charge < -0.3 is 14.7 Å². The van der Waals surface area contributed by atoms with Gasteiger partial charge in [-0.3, -0.25) is 4.79 Å². The molecule has 1 N–H and O–H groups in total. The Bertz CT molecular complexity index is 516. The fourth-order valence-electron chi connectivity index (χ4n) is 1.49. The van der Waals surface area contributed by atoms with Crippen LogP contribution >= 0.6 is 11.6 Å². The minimum Gasteiger partial charge on any atom is -0.481 e. The van der Waals surface area contributed by atoms with Crippen LogP contribution in [-0.2, 0) is 9.59 Å². The first-order valence-electron chi connectivity index (χ1n) is 6.09. The number of likely N-dealkylation sites (N-methyl/N-ethyl adjacent to an activating group) is 1. The number of nitrogens with zero attached hydrogens (tertiary/aromatic N) is 1. The topological polar surface area (TPSA) is 66.8 Å². The third-order valence-corrected chi connectivity index (χ3v) is 3.38. The SMILES string of the molecule is CC(Oc1cccc(Cl)c1)C(=O)N(C)C(C)(C)C(=O)O. The molecule has 5 nitrogen and oxygen atoms in total. The number of aliphatic carboxylic acids is 1. The molecule has 1 amide bonds. The van der Waals surface area contributed by atoms with Crippen LogP contribution in [-0.4, -0.2) is 40.6 Å². The second-order valence-corrected chi connectivity index (χ2v) is 5.42. The Kier molecular flexibility index (Phi) is 5.00. The standard InChI is InChI=1S/C14H18ClNO4/c1-9(20-11-7-5-6-10(15)8-11)12(17)16(4)14(2,3)13(18)19/h5-9H,1-4H3,(H,18,19). The van der Waals surface area contributed by atoms with Crippen molar-refractivity contribution in [3.05, 3.63) is 29.3 Å². The summed E-state index contributed by atoms with van der Waals surface area (Å²) in [4.78, 5) is 24.5. The predicted molar refractivity (Wildman–Crippen MR) is 76.0 cm³/mol. The Morgan fingerprint density at radius 1 is 1.40 bits per heavy atom. The molecule has 1 aromatic carbocycles. The van der Waals surface area contributed by atoms with Crippen LogP contribution in [0.25, 0.3) is 0 Å². The Balaban J connectivity index is 2.79. The maximum absolute atomic E-state index is 12.2. The molecule has 0 radical (unpaired) electrons. The van der Waals surface area contributed by atoms with Crippen molar-refractivity contribution in [1.29, 1.82) is 0 Å². The Hall–Kier alpha value is -1.75. The van der Waals surface area contributed by atoms with Gasteiger partial charge in [0.15, 0.2) is 6.10 Å². The van der Waals surface area contributed by atoms with E-state index in [1.165, 1.54) is 20.9 Å². The summed E-state index contributed by atoms with van der Waals surface area (Å²) in [5.41, 5.74) is -1.30. The summed E-state index contributed by atoms with van der Waals surface area (Å²) in [5.74, 6) is -1.04. The number of carbonyl (C=O) groups is 2. The van der Waals surface area contributed by atoms with E-state index >= 15 is 0 Å². The Morgan fingerprint density at radius 3 is 2.50 bits per heavy atom. The summed E-state index contributed by atoms with van der Waals surface area (Å²) in [7, 11) is 1.44. The van der Waals surface area contributed by atoms with Crippen LogP contribution in [0.3, 0.4) is 0 Å². The molecule has 0 saturated heterocycles. The molecule has 1 rings (SSSR count). The van der Waals surface area contributed by atoms with Crippen molar-refractivity contribution >= 4 is 23.5 Å². The summed E-state index contributed by atoms with van der Waals surface area (Å²) >= 11 is 5.83. The molecule has 1 atom stereocenters. The van der Waals surface area contributed by atoms with Gasteiger partial charge in [-0.15, -0.1) is 0 Å². The van der Waals surface area contributed by atoms with Gasteiger partial charge in [0.25, 0.3) is 5.91 Å². The predicted octanol–water partition coefficient (Wildman–Crippen LogP) is 2.43. The first-order chi connectivity index (χ1) is 9.16. The van der Waals surface area contributed by atoms with E-state index in [0.717, 1.165) is 4.90 Å². The number of halogens is 1. The fourth-order valence-corrected chi connectivity index (χ4v) is 1.67. The fraction of sp³-hybridized carbons (Fsp3) is 0.429. The molecule has 0 spiro atoms. The lowest BCUT2D eigenvalue weighted by molar-refractivity contribution is -0.157. The molecule has 1 aromatic rings. The number of hydrogen-bond donors (Lipinski definition) is 1. The number of ether oxygens (including phenoxy) is 1. The van der Waals surface area contributed by atoms with Gasteiger partial charge in [-0.05, 0) is 39.0 Å². The lowest BCUT2D eigenvalue weighted by Crippen LogP contribution is -2.54. The molecule has 0 aliphatic rings. The highest BCUT2D eigenvalue weighted by atomic mass is 35.5. The van der Waals surface area contributed by atoms with Crippen molar-refractivity contribution in [3.63, 3.8) is 0 Å². The van der Waals surface area contributed by atoms with Crippen LogP contribution in [0.4, 0.5) is 0 Å². The molecule has 0 fully saturated rings. The van der Waals surface area contributed by atoms with Gasteiger partial charge in [0.05, 0.1) is 0 Å². The number of hydrogen-bond acceptors (Lipinski definition) is 3. The first kappa shape index (κ1) is 16.3. The van der Waals surface area contributed by atoms with Crippen molar-refractivity contribution in [2.75, 3.05) is 7.05 Å². The third-order valence-electron chi connectivity index (χ3n) is 3.15. The molecule has 0 aliphatic carbocycles. The number of rotatable bonds is 5. The lowest BCUT2D eigenvalue weighted by Gasteiger charge is -2.33. The summed E-state index contributed by atoms with van der Waals surface area (Å²) in [5, 5.41) is 9.62. The zero-order chi connectivity index (χ0) is 15.5. The van der Waals surface area contributed by atoms with Crippen molar-refractivity contribution in [2.45, 2.75) is 32.4 Å². The third kappa shape index (κ3) is 3.63. The summed E-state index contributed by atoms with van der Waals surface area (Å²) < 4.78 is 5.48. The highest BCUT2D eigenvalue weighted by Gasteiger charge is 2.37. The molecule has 0 aliphatic heterocycles. The number of carboxylic acid groups (broad SMARTS) is 1. The van der Waals surface area contributed by atoms with E-state index < -0.39 is 23.5 Å². The molecule has 0 aromatic heterocycles. The highest BCUT2D eigenvalue weighted by molar-refractivity contribution is 6.30. The van der Waals surface area contributed by atoms with Crippen molar-refractivity contribution in [3.8, 4) is 5.75 Å². The van der Waals surface area contributed by atoms with Gasteiger partial charge in [-0.25, -0.2) is 4.79 Å². The summed E-state index contributed by atoms with van der Waals surface area (Å²) in [6, 6.07) is 6.67. The largest absolute Gasteiger partial charge is 0.481 e. The van der Waals surface area contributed by atoms with Gasteiger partial charge >= 0.3 is 5.97 Å². The number of benzene rings is 1. The van der Waals surface area contributed by atoms with E-state index in [0.29, 0.717) is 10.8 Å². The maximum Gasteiger partial charge on any atom is 0.329 e. The quantitative estimate of drug-likeness (QED) is 0.907. The molecule has 0 heterocycles. The highest BCUT2D eigenvalue weighted by Crippen LogP contribution is 2.20. The van der Waals surface area contributed by atoms with Gasteiger partial charge in [0, 0.05) is 12.1 Å². The van der Waals surface area contributed by atoms with Crippen LogP contribution in [0, 0.1) is 0 Å². The molecule has 20 heavy (non-hydrogen) atoms. The molecule has 6 heteroatoms. The monoisotopic (exact) mass is 299 g/mol. The van der Waals surface area contributed by atoms with Gasteiger partial charge in [-0.2, -0.15) is 0 Å². The number of amides is 1. The van der Waals surface area contributed by atoms with Gasteiger partial charge in [-0.1, -0.05) is 17.7 Å². The smallest absolute Gasteiger partial charge is 0.329 e. The summed E-state index contributed by atoms with van der Waals surface area (Å²) in [6.07, 6.45) is -0.808. The average molecular weight is 300 g/mol. The molecule has 1 unspecified atom stereocenters. The summed E-state index contributed by atoms with van der Waals surface area (Å²) in [6.45, 7) is 4.48. The molecular weight excluding hydrogens is 282 g/mol. The average Bonchev–Trinajstić information content (AvgIpc) is 2.36. The second kappa shape index (κ2) is 6.13. The van der Waals surface area contributed by atoms with E-state index in [-0.39, 0.29) is 0 Å². The van der Waals surface area contributed by atoms with Crippen molar-refractivity contribution in [2.24, 2.45) is 0 Å². The van der Waals surface area contributed by atoms with Crippen molar-refractivity contribution < 1.29 is 19.4 Å². The van der Waals surface area contributed by atoms with Gasteiger partial charge in [0.2, 0.25) is 0 Å². The van der Waals surface area contributed by atoms with E-state index in [9.17, 15) is 9.59 Å². The van der Waals surface area contributed by atoms with Crippen molar-refractivity contribution in [1.82, 2.24) is 4.90 Å². The Labute approximate surface area is 123 Å². The van der Waals surface area contributed by atoms with E-state index in [4.69, 9.17) is 21.4 Å². The minimum atomic E-state index is -1.30. The minimum absolute atomic E-state index is 0.419. The maximum atomic E-state index is 12.2. The second-order valence-electron chi connectivity index (χ2n) is 4.98. The zero-order valence-electron chi connectivity index (χ0n) is 11.9. The van der Waals surface area contributed by atoms with E-state index in [1.54, 1.807) is 31.2 Å². The van der Waals surface area contributed by atoms with Crippen LogP contribution in [0.1, 0.15) is 20.8 Å². The van der Waals surface area contributed by atoms with E-state index in [1.807, 2.05) is 0 Å². The molecule has 110 valence electrons. The Morgan fingerprint density at radius 2 is 2.00 bits per heavy atom. The lowest BCUT2D eigenvalue weighted by atomic mass is 10.0. The molecule has 0 saturated carbocycles. The normalized spacial score (nSPS) is 12.7. The van der Waals surface area contributed by atoms with Gasteiger partial charge in [0.1, 0.15) is 11.3 Å². The van der Waals surface area contributed by atoms with Crippen LogP contribution in [0.5, 0.6) is 5.75 Å². The van der Waals surface area contributed by atoms with Crippen LogP contribution < -0.4 is 4.74 Å². The number of carbonyl (C=O) groups excluding carboxylic acids is 1. The van der Waals surface area contributed by atoms with Crippen LogP contribution in [0.2, 0.25) is 5.02 Å². The first-order valence-corrected chi connectivity index (χ1v) is 6.47. The number of carboxylic acids is 1.